The number of ether oxygens (including phenoxy) is 1. The second-order valence-corrected chi connectivity index (χ2v) is 5.44. The molecule has 0 aliphatic carbocycles. The van der Waals surface area contributed by atoms with Crippen LogP contribution in [0.25, 0.3) is 0 Å². The predicted molar refractivity (Wildman–Crippen MR) is 82.5 cm³/mol. The van der Waals surface area contributed by atoms with Gasteiger partial charge in [-0.05, 0) is 38.4 Å². The number of nitro benzene ring substituents is 1. The van der Waals surface area contributed by atoms with Crippen molar-refractivity contribution in [3.63, 3.8) is 0 Å². The van der Waals surface area contributed by atoms with Crippen molar-refractivity contribution in [2.24, 2.45) is 0 Å². The summed E-state index contributed by atoms with van der Waals surface area (Å²) >= 11 is 0. The monoisotopic (exact) mass is 293 g/mol. The lowest BCUT2D eigenvalue weighted by Gasteiger charge is -2.19. The van der Waals surface area contributed by atoms with Crippen molar-refractivity contribution in [3.05, 3.63) is 28.3 Å². The van der Waals surface area contributed by atoms with Crippen molar-refractivity contribution in [1.82, 2.24) is 4.90 Å². The molecule has 0 spiro atoms. The van der Waals surface area contributed by atoms with Crippen LogP contribution in [0, 0.1) is 10.1 Å². The number of likely N-dealkylation sites (tertiary alicyclic amines) is 1. The average Bonchev–Trinajstić information content (AvgIpc) is 2.73. The number of non-ortho nitro benzene ring substituents is 1. The number of benzene rings is 1. The van der Waals surface area contributed by atoms with E-state index in [1.165, 1.54) is 50.9 Å². The number of rotatable bonds is 6. The van der Waals surface area contributed by atoms with E-state index in [0.29, 0.717) is 18.0 Å². The minimum Gasteiger partial charge on any atom is -0.491 e. The lowest BCUT2D eigenvalue weighted by molar-refractivity contribution is -0.384. The molecule has 0 unspecified atom stereocenters. The van der Waals surface area contributed by atoms with Crippen molar-refractivity contribution >= 4 is 11.4 Å². The van der Waals surface area contributed by atoms with E-state index >= 15 is 0 Å². The molecule has 2 rings (SSSR count). The van der Waals surface area contributed by atoms with Gasteiger partial charge in [0.25, 0.3) is 5.69 Å². The Bertz CT molecular complexity index is 471. The Morgan fingerprint density at radius 3 is 2.57 bits per heavy atom. The molecule has 1 aliphatic heterocycles. The highest BCUT2D eigenvalue weighted by molar-refractivity contribution is 5.58. The molecule has 0 aromatic heterocycles. The second kappa shape index (κ2) is 7.83. The Morgan fingerprint density at radius 1 is 1.24 bits per heavy atom. The minimum absolute atomic E-state index is 0.00980. The number of hydrogen-bond donors (Lipinski definition) is 1. The summed E-state index contributed by atoms with van der Waals surface area (Å²) in [7, 11) is 0. The molecule has 1 aromatic carbocycles. The lowest BCUT2D eigenvalue weighted by Crippen LogP contribution is -2.26. The molecule has 0 saturated carbocycles. The summed E-state index contributed by atoms with van der Waals surface area (Å²) in [6.07, 6.45) is 6.20. The van der Waals surface area contributed by atoms with Crippen molar-refractivity contribution < 1.29 is 9.66 Å². The zero-order valence-corrected chi connectivity index (χ0v) is 12.3. The standard InChI is InChI=1S/C15H23N3O3/c16-14-12-13(18(19)20)6-7-15(14)21-11-5-10-17-8-3-1-2-4-9-17/h6-7,12H,1-5,8-11,16H2. The maximum atomic E-state index is 10.6. The normalized spacial score (nSPS) is 16.4. The maximum Gasteiger partial charge on any atom is 0.271 e. The van der Waals surface area contributed by atoms with E-state index in [1.54, 1.807) is 6.07 Å². The third-order valence-corrected chi connectivity index (χ3v) is 3.78. The lowest BCUT2D eigenvalue weighted by atomic mass is 10.2. The molecule has 1 aliphatic rings. The largest absolute Gasteiger partial charge is 0.491 e. The fraction of sp³-hybridized carbons (Fsp3) is 0.600. The summed E-state index contributed by atoms with van der Waals surface area (Å²) in [6.45, 7) is 3.98. The number of hydrogen-bond acceptors (Lipinski definition) is 5. The Balaban J connectivity index is 1.74. The van der Waals surface area contributed by atoms with Crippen LogP contribution in [0.1, 0.15) is 32.1 Å². The van der Waals surface area contributed by atoms with Gasteiger partial charge in [0.05, 0.1) is 17.2 Å². The quantitative estimate of drug-likeness (QED) is 0.377. The van der Waals surface area contributed by atoms with E-state index in [4.69, 9.17) is 10.5 Å². The van der Waals surface area contributed by atoms with Gasteiger partial charge < -0.3 is 15.4 Å². The summed E-state index contributed by atoms with van der Waals surface area (Å²) in [5.41, 5.74) is 6.07. The van der Waals surface area contributed by atoms with Gasteiger partial charge in [0.15, 0.2) is 0 Å². The van der Waals surface area contributed by atoms with Crippen molar-refractivity contribution in [1.29, 1.82) is 0 Å². The van der Waals surface area contributed by atoms with Crippen molar-refractivity contribution in [3.8, 4) is 5.75 Å². The molecule has 21 heavy (non-hydrogen) atoms. The van der Waals surface area contributed by atoms with Gasteiger partial charge >= 0.3 is 0 Å². The fourth-order valence-corrected chi connectivity index (χ4v) is 2.61. The van der Waals surface area contributed by atoms with Gasteiger partial charge in [-0.2, -0.15) is 0 Å². The number of nitro groups is 1. The summed E-state index contributed by atoms with van der Waals surface area (Å²) in [6, 6.07) is 4.32. The number of nitrogens with two attached hydrogens (primary N) is 1. The maximum absolute atomic E-state index is 10.6. The van der Waals surface area contributed by atoms with Crippen LogP contribution < -0.4 is 10.5 Å². The van der Waals surface area contributed by atoms with E-state index in [-0.39, 0.29) is 5.69 Å². The smallest absolute Gasteiger partial charge is 0.271 e. The average molecular weight is 293 g/mol. The molecule has 1 aromatic rings. The molecule has 1 saturated heterocycles. The van der Waals surface area contributed by atoms with Crippen LogP contribution in [-0.2, 0) is 0 Å². The summed E-state index contributed by atoms with van der Waals surface area (Å²) in [5, 5.41) is 10.6. The zero-order chi connectivity index (χ0) is 15.1. The third-order valence-electron chi connectivity index (χ3n) is 3.78. The third kappa shape index (κ3) is 4.90. The topological polar surface area (TPSA) is 81.6 Å². The van der Waals surface area contributed by atoms with Gasteiger partial charge in [0.1, 0.15) is 5.75 Å². The van der Waals surface area contributed by atoms with Crippen molar-refractivity contribution in [2.75, 3.05) is 32.0 Å². The Labute approximate surface area is 125 Å². The van der Waals surface area contributed by atoms with Crippen LogP contribution in [0.2, 0.25) is 0 Å². The second-order valence-electron chi connectivity index (χ2n) is 5.44. The minimum atomic E-state index is -0.459. The molecular formula is C15H23N3O3. The van der Waals surface area contributed by atoms with E-state index in [9.17, 15) is 10.1 Å². The van der Waals surface area contributed by atoms with Crippen LogP contribution >= 0.6 is 0 Å². The Hall–Kier alpha value is -1.82. The zero-order valence-electron chi connectivity index (χ0n) is 12.3. The highest BCUT2D eigenvalue weighted by Gasteiger charge is 2.10. The fourth-order valence-electron chi connectivity index (χ4n) is 2.61. The summed E-state index contributed by atoms with van der Waals surface area (Å²) < 4.78 is 5.62. The van der Waals surface area contributed by atoms with Gasteiger partial charge in [-0.25, -0.2) is 0 Å². The number of nitrogens with zero attached hydrogens (tertiary/aromatic N) is 2. The molecule has 0 amide bonds. The molecule has 2 N–H and O–H groups in total. The first kappa shape index (κ1) is 15.6. The molecule has 1 heterocycles. The molecule has 1 fully saturated rings. The van der Waals surface area contributed by atoms with Crippen molar-refractivity contribution in [2.45, 2.75) is 32.1 Å². The first-order valence-corrected chi connectivity index (χ1v) is 7.56. The summed E-state index contributed by atoms with van der Waals surface area (Å²) in [4.78, 5) is 12.7. The van der Waals surface area contributed by atoms with Crippen LogP contribution in [0.3, 0.4) is 0 Å². The van der Waals surface area contributed by atoms with Gasteiger partial charge in [0.2, 0.25) is 0 Å². The molecule has 6 nitrogen and oxygen atoms in total. The number of nitrogen functional groups attached to an aromatic ring is 1. The van der Waals surface area contributed by atoms with E-state index in [2.05, 4.69) is 4.90 Å². The van der Waals surface area contributed by atoms with E-state index in [0.717, 1.165) is 13.0 Å². The van der Waals surface area contributed by atoms with Crippen LogP contribution in [0.15, 0.2) is 18.2 Å². The first-order valence-electron chi connectivity index (χ1n) is 7.56. The van der Waals surface area contributed by atoms with Crippen LogP contribution in [-0.4, -0.2) is 36.1 Å². The van der Waals surface area contributed by atoms with Crippen LogP contribution in [0.5, 0.6) is 5.75 Å². The highest BCUT2D eigenvalue weighted by Crippen LogP contribution is 2.26. The van der Waals surface area contributed by atoms with Gasteiger partial charge in [0, 0.05) is 18.7 Å². The van der Waals surface area contributed by atoms with Gasteiger partial charge in [-0.15, -0.1) is 0 Å². The van der Waals surface area contributed by atoms with Gasteiger partial charge in [-0.3, -0.25) is 10.1 Å². The van der Waals surface area contributed by atoms with E-state index in [1.807, 2.05) is 0 Å². The highest BCUT2D eigenvalue weighted by atomic mass is 16.6. The van der Waals surface area contributed by atoms with E-state index < -0.39 is 4.92 Å². The molecule has 116 valence electrons. The molecule has 0 bridgehead atoms. The molecule has 0 atom stereocenters. The summed E-state index contributed by atoms with van der Waals surface area (Å²) in [5.74, 6) is 0.525. The Morgan fingerprint density at radius 2 is 1.95 bits per heavy atom. The molecular weight excluding hydrogens is 270 g/mol. The first-order chi connectivity index (χ1) is 10.2. The molecule has 0 radical (unpaired) electrons. The molecule has 6 heteroatoms. The SMILES string of the molecule is Nc1cc([N+](=O)[O-])ccc1OCCCN1CCCCCC1. The van der Waals surface area contributed by atoms with Crippen LogP contribution in [0.4, 0.5) is 11.4 Å². The Kier molecular flexibility index (Phi) is 5.80. The predicted octanol–water partition coefficient (Wildman–Crippen LogP) is 2.82. The van der Waals surface area contributed by atoms with Gasteiger partial charge in [-0.1, -0.05) is 12.8 Å². The number of anilines is 1.